The molecule has 0 unspecified atom stereocenters. The molecule has 1 radical (unpaired) electrons. The molecule has 0 aliphatic carbocycles. The van der Waals surface area contributed by atoms with Gasteiger partial charge in [0.25, 0.3) is 0 Å². The van der Waals surface area contributed by atoms with E-state index in [1.807, 2.05) is 41.5 Å². The SMILES string of the molecule is CC(C)(C)C(=N[O-])C(C)(C)C.O=[C-][O-].[K+].[V]. The molecule has 0 saturated carbocycles. The van der Waals surface area contributed by atoms with Gasteiger partial charge in [-0.05, 0) is 10.8 Å². The van der Waals surface area contributed by atoms with Crippen LogP contribution < -0.4 is 56.5 Å². The Hall–Kier alpha value is 1.16. The van der Waals surface area contributed by atoms with Crippen molar-refractivity contribution in [2.75, 3.05) is 0 Å². The van der Waals surface area contributed by atoms with Crippen molar-refractivity contribution >= 4 is 12.2 Å². The second kappa shape index (κ2) is 11.3. The molecule has 0 amide bonds. The van der Waals surface area contributed by atoms with Crippen LogP contribution >= 0.6 is 0 Å². The van der Waals surface area contributed by atoms with Crippen LogP contribution in [0.4, 0.5) is 0 Å². The standard InChI is InChI=1S/C9H19NO.CO2.K.V/c1-8(2,3)7(10-11)9(4,5)6;2-1-3;;/h11H,1-6H3;;;/q;-2;+1;/p-1. The molecular weight excluding hydrogens is 272 g/mol. The Balaban J connectivity index is -0.000000129. The van der Waals surface area contributed by atoms with Gasteiger partial charge in [0.2, 0.25) is 0 Å². The fourth-order valence-corrected chi connectivity index (χ4v) is 1.40. The van der Waals surface area contributed by atoms with Crippen molar-refractivity contribution in [3.63, 3.8) is 0 Å². The third-order valence-corrected chi connectivity index (χ3v) is 1.51. The van der Waals surface area contributed by atoms with Crippen molar-refractivity contribution in [3.05, 3.63) is 5.21 Å². The maximum Gasteiger partial charge on any atom is 1.00 e. The number of hydrogen-bond acceptors (Lipinski definition) is 4. The first-order chi connectivity index (χ1) is 6.11. The van der Waals surface area contributed by atoms with E-state index in [0.29, 0.717) is 0 Å². The number of nitrogens with zero attached hydrogens (tertiary/aromatic N) is 1. The minimum absolute atomic E-state index is 0. The molecule has 0 N–H and O–H groups in total. The molecule has 16 heavy (non-hydrogen) atoms. The van der Waals surface area contributed by atoms with Gasteiger partial charge in [0, 0.05) is 24.3 Å². The largest absolute Gasteiger partial charge is 1.00 e. The van der Waals surface area contributed by atoms with Gasteiger partial charge in [0.1, 0.15) is 0 Å². The molecule has 6 heteroatoms. The van der Waals surface area contributed by atoms with Crippen molar-refractivity contribution in [2.45, 2.75) is 41.5 Å². The fourth-order valence-electron chi connectivity index (χ4n) is 1.40. The molecule has 0 fully saturated rings. The maximum absolute atomic E-state index is 10.5. The molecule has 0 aromatic rings. The molecular formula is C10H18KNO3V-2. The zero-order valence-corrected chi connectivity index (χ0v) is 15.6. The smallest absolute Gasteiger partial charge is 0.794 e. The predicted octanol–water partition coefficient (Wildman–Crippen LogP) is -1.70. The molecule has 0 bridgehead atoms. The van der Waals surface area contributed by atoms with Gasteiger partial charge < -0.3 is 26.7 Å². The van der Waals surface area contributed by atoms with E-state index < -0.39 is 0 Å². The molecule has 0 aliphatic heterocycles. The van der Waals surface area contributed by atoms with Gasteiger partial charge in [0.05, 0.1) is 0 Å². The number of hydrogen-bond donors (Lipinski definition) is 0. The van der Waals surface area contributed by atoms with E-state index >= 15 is 0 Å². The van der Waals surface area contributed by atoms with Gasteiger partial charge in [-0.1, -0.05) is 41.5 Å². The third-order valence-electron chi connectivity index (χ3n) is 1.51. The van der Waals surface area contributed by atoms with Crippen molar-refractivity contribution in [3.8, 4) is 0 Å². The summed E-state index contributed by atoms with van der Waals surface area (Å²) in [6.45, 7) is 12.3. The Labute approximate surface area is 153 Å². The van der Waals surface area contributed by atoms with Crippen molar-refractivity contribution in [1.29, 1.82) is 0 Å². The van der Waals surface area contributed by atoms with Gasteiger partial charge >= 0.3 is 51.4 Å². The number of rotatable bonds is 0. The zero-order chi connectivity index (χ0) is 12.0. The van der Waals surface area contributed by atoms with Crippen LogP contribution in [0.25, 0.3) is 0 Å². The van der Waals surface area contributed by atoms with Crippen molar-refractivity contribution < 1.29 is 79.8 Å². The van der Waals surface area contributed by atoms with Crippen LogP contribution in [0.5, 0.6) is 0 Å². The van der Waals surface area contributed by atoms with E-state index in [4.69, 9.17) is 9.90 Å². The third kappa shape index (κ3) is 13.2. The topological polar surface area (TPSA) is 75.5 Å². The first-order valence-corrected chi connectivity index (χ1v) is 4.31. The van der Waals surface area contributed by atoms with Crippen molar-refractivity contribution in [2.24, 2.45) is 16.0 Å². The summed E-state index contributed by atoms with van der Waals surface area (Å²) in [5, 5.41) is 21.7. The summed E-state index contributed by atoms with van der Waals surface area (Å²) < 4.78 is 0. The first-order valence-electron chi connectivity index (χ1n) is 4.31. The minimum Gasteiger partial charge on any atom is -0.794 e. The van der Waals surface area contributed by atoms with E-state index in [2.05, 4.69) is 5.16 Å². The molecule has 4 nitrogen and oxygen atoms in total. The molecule has 0 rings (SSSR count). The molecule has 89 valence electrons. The van der Waals surface area contributed by atoms with Crippen LogP contribution in [-0.2, 0) is 23.4 Å². The molecule has 0 aliphatic rings. The van der Waals surface area contributed by atoms with E-state index in [1.54, 1.807) is 0 Å². The second-order valence-electron chi connectivity index (χ2n) is 5.02. The summed E-state index contributed by atoms with van der Waals surface area (Å²) in [5.74, 6) is 0. The average molecular weight is 290 g/mol. The maximum atomic E-state index is 10.5. The van der Waals surface area contributed by atoms with Gasteiger partial charge in [-0.2, -0.15) is 0 Å². The summed E-state index contributed by atoms with van der Waals surface area (Å²) in [4.78, 5) is 8.12. The van der Waals surface area contributed by atoms with Crippen LogP contribution in [-0.4, -0.2) is 12.2 Å². The van der Waals surface area contributed by atoms with E-state index in [-0.39, 0.29) is 87.2 Å². The van der Waals surface area contributed by atoms with Gasteiger partial charge in [-0.15, -0.1) is 0 Å². The fraction of sp³-hybridized carbons (Fsp3) is 0.800. The van der Waals surface area contributed by atoms with E-state index in [1.165, 1.54) is 0 Å². The summed E-state index contributed by atoms with van der Waals surface area (Å²) in [6.07, 6.45) is 0. The summed E-state index contributed by atoms with van der Waals surface area (Å²) in [7, 11) is 0. The molecule has 0 aromatic carbocycles. The second-order valence-corrected chi connectivity index (χ2v) is 5.02. The first kappa shape index (κ1) is 25.9. The Morgan fingerprint density at radius 1 is 1.06 bits per heavy atom. The summed E-state index contributed by atoms with van der Waals surface area (Å²) in [5.41, 5.74) is 0.505. The summed E-state index contributed by atoms with van der Waals surface area (Å²) in [6, 6.07) is 0. The Morgan fingerprint density at radius 3 is 1.25 bits per heavy atom. The van der Waals surface area contributed by atoms with Gasteiger partial charge in [0.15, 0.2) is 0 Å². The van der Waals surface area contributed by atoms with E-state index in [0.717, 1.165) is 5.71 Å². The van der Waals surface area contributed by atoms with Crippen LogP contribution in [0.15, 0.2) is 5.16 Å². The monoisotopic (exact) mass is 290 g/mol. The Kier molecular flexibility index (Phi) is 18.2. The number of carbonyl (C=O) groups excluding carboxylic acids is 1. The molecule has 0 atom stereocenters. The van der Waals surface area contributed by atoms with Crippen molar-refractivity contribution in [1.82, 2.24) is 0 Å². The molecule has 0 aromatic heterocycles. The molecule has 0 saturated heterocycles. The Bertz CT molecular complexity index is 191. The van der Waals surface area contributed by atoms with Gasteiger partial charge in [-0.3, -0.25) is 0 Å². The van der Waals surface area contributed by atoms with E-state index in [9.17, 15) is 5.21 Å². The quantitative estimate of drug-likeness (QED) is 0.231. The average Bonchev–Trinajstić information content (AvgIpc) is 1.82. The normalized spacial score (nSPS) is 9.62. The van der Waals surface area contributed by atoms with Crippen LogP contribution in [0, 0.1) is 16.0 Å². The van der Waals surface area contributed by atoms with Crippen LogP contribution in [0.3, 0.4) is 0 Å². The predicted molar refractivity (Wildman–Crippen MR) is 55.4 cm³/mol. The van der Waals surface area contributed by atoms with Crippen LogP contribution in [0.1, 0.15) is 41.5 Å². The summed E-state index contributed by atoms with van der Waals surface area (Å²) >= 11 is 0. The molecule has 0 heterocycles. The zero-order valence-electron chi connectivity index (χ0n) is 11.1. The minimum atomic E-state index is -0.111. The van der Waals surface area contributed by atoms with Crippen LogP contribution in [0.2, 0.25) is 0 Å². The molecule has 0 spiro atoms. The Morgan fingerprint density at radius 2 is 1.25 bits per heavy atom. The van der Waals surface area contributed by atoms with Gasteiger partial charge in [-0.25, -0.2) is 0 Å².